The van der Waals surface area contributed by atoms with E-state index in [2.05, 4.69) is 4.74 Å². The van der Waals surface area contributed by atoms with Crippen LogP contribution in [-0.2, 0) is 9.53 Å². The summed E-state index contributed by atoms with van der Waals surface area (Å²) in [6, 6.07) is 16.0. The Morgan fingerprint density at radius 1 is 1.04 bits per heavy atom. The zero-order valence-corrected chi connectivity index (χ0v) is 12.4. The normalized spacial score (nSPS) is 10.5. The average molecular weight is 310 g/mol. The Labute approximate surface area is 132 Å². The van der Waals surface area contributed by atoms with Gasteiger partial charge < -0.3 is 13.9 Å². The maximum Gasteiger partial charge on any atom is 0.343 e. The number of carbonyl (C=O) groups excluding carboxylic acids is 1. The van der Waals surface area contributed by atoms with Crippen LogP contribution in [0.1, 0.15) is 0 Å². The van der Waals surface area contributed by atoms with Gasteiger partial charge in [0.05, 0.1) is 12.5 Å². The van der Waals surface area contributed by atoms with Crippen LogP contribution < -0.4 is 10.2 Å². The van der Waals surface area contributed by atoms with Gasteiger partial charge in [-0.25, -0.2) is 4.79 Å². The van der Waals surface area contributed by atoms with Crippen molar-refractivity contribution in [1.29, 1.82) is 0 Å². The summed E-state index contributed by atoms with van der Waals surface area (Å²) in [7, 11) is 1.26. The lowest BCUT2D eigenvalue weighted by atomic mass is 10.1. The molecule has 0 unspecified atom stereocenters. The third-order valence-electron chi connectivity index (χ3n) is 3.35. The third kappa shape index (κ3) is 2.94. The lowest BCUT2D eigenvalue weighted by molar-refractivity contribution is -0.142. The number of para-hydroxylation sites is 1. The first kappa shape index (κ1) is 14.8. The molecule has 0 spiro atoms. The number of hydrogen-bond donors (Lipinski definition) is 0. The van der Waals surface area contributed by atoms with Crippen molar-refractivity contribution in [2.45, 2.75) is 0 Å². The van der Waals surface area contributed by atoms with Gasteiger partial charge in [-0.15, -0.1) is 0 Å². The Kier molecular flexibility index (Phi) is 4.10. The molecule has 0 bridgehead atoms. The van der Waals surface area contributed by atoms with Crippen molar-refractivity contribution in [3.63, 3.8) is 0 Å². The molecule has 23 heavy (non-hydrogen) atoms. The highest BCUT2D eigenvalue weighted by molar-refractivity contribution is 5.82. The minimum Gasteiger partial charge on any atom is -0.474 e. The number of ether oxygens (including phenoxy) is 2. The number of fused-ring (bicyclic) bond motifs is 1. The molecular formula is C18H14O5. The first-order valence-electron chi connectivity index (χ1n) is 7.01. The van der Waals surface area contributed by atoms with Gasteiger partial charge in [0.15, 0.2) is 12.4 Å². The predicted molar refractivity (Wildman–Crippen MR) is 85.4 cm³/mol. The fraction of sp³-hybridized carbons (Fsp3) is 0.111. The molecule has 0 amide bonds. The fourth-order valence-corrected chi connectivity index (χ4v) is 2.23. The number of carbonyl (C=O) groups is 1. The van der Waals surface area contributed by atoms with Crippen LogP contribution in [0.4, 0.5) is 0 Å². The summed E-state index contributed by atoms with van der Waals surface area (Å²) >= 11 is 0. The lowest BCUT2D eigenvalue weighted by Gasteiger charge is -2.10. The number of methoxy groups -OCH3 is 1. The van der Waals surface area contributed by atoms with Crippen LogP contribution in [0.25, 0.3) is 22.3 Å². The summed E-state index contributed by atoms with van der Waals surface area (Å²) in [4.78, 5) is 24.0. The quantitative estimate of drug-likeness (QED) is 0.693. The highest BCUT2D eigenvalue weighted by Gasteiger charge is 2.18. The standard InChI is InChI=1S/C18H14O5/c1-21-15(19)11-22-18-16(20)13-9-5-6-10-14(13)23-17(18)12-7-3-2-4-8-12/h2-10H,11H2,1H3. The third-order valence-corrected chi connectivity index (χ3v) is 3.35. The molecule has 0 saturated heterocycles. The molecule has 5 heteroatoms. The molecule has 0 N–H and O–H groups in total. The Balaban J connectivity index is 2.19. The molecular weight excluding hydrogens is 296 g/mol. The summed E-state index contributed by atoms with van der Waals surface area (Å²) in [6.45, 7) is -0.362. The van der Waals surface area contributed by atoms with E-state index in [0.717, 1.165) is 0 Å². The van der Waals surface area contributed by atoms with Crippen molar-refractivity contribution in [1.82, 2.24) is 0 Å². The summed E-state index contributed by atoms with van der Waals surface area (Å²) < 4.78 is 15.8. The molecule has 116 valence electrons. The van der Waals surface area contributed by atoms with Gasteiger partial charge >= 0.3 is 5.97 Å². The molecule has 0 aliphatic rings. The number of esters is 1. The second-order valence-corrected chi connectivity index (χ2v) is 4.82. The smallest absolute Gasteiger partial charge is 0.343 e. The first-order chi connectivity index (χ1) is 11.2. The minimum atomic E-state index is -0.573. The van der Waals surface area contributed by atoms with Crippen LogP contribution >= 0.6 is 0 Å². The van der Waals surface area contributed by atoms with Crippen molar-refractivity contribution < 1.29 is 18.7 Å². The van der Waals surface area contributed by atoms with E-state index in [4.69, 9.17) is 9.15 Å². The van der Waals surface area contributed by atoms with E-state index < -0.39 is 5.97 Å². The van der Waals surface area contributed by atoms with Gasteiger partial charge in [0, 0.05) is 5.56 Å². The molecule has 0 atom stereocenters. The van der Waals surface area contributed by atoms with E-state index in [1.807, 2.05) is 18.2 Å². The van der Waals surface area contributed by atoms with E-state index in [0.29, 0.717) is 22.3 Å². The van der Waals surface area contributed by atoms with Gasteiger partial charge in [0.2, 0.25) is 11.2 Å². The fourth-order valence-electron chi connectivity index (χ4n) is 2.23. The zero-order chi connectivity index (χ0) is 16.2. The maximum absolute atomic E-state index is 12.7. The molecule has 3 aromatic rings. The average Bonchev–Trinajstić information content (AvgIpc) is 2.61. The molecule has 0 aliphatic carbocycles. The van der Waals surface area contributed by atoms with Crippen LogP contribution in [0.2, 0.25) is 0 Å². The summed E-state index contributed by atoms with van der Waals surface area (Å²) in [5, 5.41) is 0.395. The number of rotatable bonds is 4. The van der Waals surface area contributed by atoms with Crippen molar-refractivity contribution in [3.05, 3.63) is 64.8 Å². The van der Waals surface area contributed by atoms with E-state index in [1.165, 1.54) is 7.11 Å². The Morgan fingerprint density at radius 2 is 1.74 bits per heavy atom. The van der Waals surface area contributed by atoms with Crippen LogP contribution in [0.3, 0.4) is 0 Å². The Bertz CT molecular complexity index is 896. The van der Waals surface area contributed by atoms with E-state index in [1.54, 1.807) is 36.4 Å². The Morgan fingerprint density at radius 3 is 2.48 bits per heavy atom. The molecule has 5 nitrogen and oxygen atoms in total. The molecule has 1 aromatic heterocycles. The van der Waals surface area contributed by atoms with Crippen molar-refractivity contribution in [3.8, 4) is 17.1 Å². The monoisotopic (exact) mass is 310 g/mol. The van der Waals surface area contributed by atoms with Crippen molar-refractivity contribution in [2.75, 3.05) is 13.7 Å². The SMILES string of the molecule is COC(=O)COc1c(-c2ccccc2)oc2ccccc2c1=O. The van der Waals surface area contributed by atoms with Crippen LogP contribution in [0, 0.1) is 0 Å². The van der Waals surface area contributed by atoms with Crippen LogP contribution in [0.15, 0.2) is 63.8 Å². The highest BCUT2D eigenvalue weighted by atomic mass is 16.6. The van der Waals surface area contributed by atoms with Gasteiger partial charge in [-0.1, -0.05) is 42.5 Å². The summed E-state index contributed by atoms with van der Waals surface area (Å²) in [6.07, 6.45) is 0. The van der Waals surface area contributed by atoms with Gasteiger partial charge in [-0.05, 0) is 12.1 Å². The zero-order valence-electron chi connectivity index (χ0n) is 12.4. The summed E-state index contributed by atoms with van der Waals surface area (Å²) in [5.41, 5.74) is 0.826. The molecule has 2 aromatic carbocycles. The van der Waals surface area contributed by atoms with Crippen LogP contribution in [-0.4, -0.2) is 19.7 Å². The molecule has 0 saturated carbocycles. The lowest BCUT2D eigenvalue weighted by Crippen LogP contribution is -2.17. The second kappa shape index (κ2) is 6.36. The van der Waals surface area contributed by atoms with Crippen molar-refractivity contribution in [2.24, 2.45) is 0 Å². The predicted octanol–water partition coefficient (Wildman–Crippen LogP) is 3.01. The molecule has 0 aliphatic heterocycles. The van der Waals surface area contributed by atoms with Gasteiger partial charge in [0.1, 0.15) is 5.58 Å². The largest absolute Gasteiger partial charge is 0.474 e. The maximum atomic E-state index is 12.7. The van der Waals surface area contributed by atoms with Gasteiger partial charge in [0.25, 0.3) is 0 Å². The van der Waals surface area contributed by atoms with E-state index in [-0.39, 0.29) is 17.8 Å². The molecule has 3 rings (SSSR count). The topological polar surface area (TPSA) is 65.7 Å². The number of hydrogen-bond acceptors (Lipinski definition) is 5. The molecule has 0 radical (unpaired) electrons. The van der Waals surface area contributed by atoms with E-state index in [9.17, 15) is 9.59 Å². The van der Waals surface area contributed by atoms with Crippen molar-refractivity contribution >= 4 is 16.9 Å². The first-order valence-corrected chi connectivity index (χ1v) is 7.01. The minimum absolute atomic E-state index is 0.000278. The summed E-state index contributed by atoms with van der Waals surface area (Å²) in [5.74, 6) is -0.282. The molecule has 1 heterocycles. The van der Waals surface area contributed by atoms with Gasteiger partial charge in [-0.3, -0.25) is 4.79 Å². The molecule has 0 fully saturated rings. The number of benzene rings is 2. The van der Waals surface area contributed by atoms with Gasteiger partial charge in [-0.2, -0.15) is 0 Å². The Hall–Kier alpha value is -3.08. The highest BCUT2D eigenvalue weighted by Crippen LogP contribution is 2.30. The van der Waals surface area contributed by atoms with Crippen LogP contribution in [0.5, 0.6) is 5.75 Å². The van der Waals surface area contributed by atoms with E-state index >= 15 is 0 Å². The second-order valence-electron chi connectivity index (χ2n) is 4.82.